The zero-order valence-electron chi connectivity index (χ0n) is 10.8. The van der Waals surface area contributed by atoms with Crippen LogP contribution in [0.3, 0.4) is 0 Å². The Morgan fingerprint density at radius 2 is 2.17 bits per heavy atom. The van der Waals surface area contributed by atoms with Gasteiger partial charge in [0.15, 0.2) is 11.5 Å². The molecule has 3 nitrogen and oxygen atoms in total. The van der Waals surface area contributed by atoms with Crippen LogP contribution >= 0.6 is 11.6 Å². The van der Waals surface area contributed by atoms with Gasteiger partial charge in [-0.1, -0.05) is 11.6 Å². The first-order valence-electron chi connectivity index (χ1n) is 6.27. The number of hydrogen-bond donors (Lipinski definition) is 1. The molecule has 100 valence electrons. The lowest BCUT2D eigenvalue weighted by molar-refractivity contribution is 0.195. The topological polar surface area (TPSA) is 38.7 Å². The number of aliphatic hydroxyl groups is 1. The molecular weight excluding hydrogens is 252 g/mol. The molecule has 0 aliphatic heterocycles. The second-order valence-electron chi connectivity index (χ2n) is 4.92. The van der Waals surface area contributed by atoms with Gasteiger partial charge in [-0.15, -0.1) is 0 Å². The summed E-state index contributed by atoms with van der Waals surface area (Å²) in [6, 6.07) is 3.71. The summed E-state index contributed by atoms with van der Waals surface area (Å²) >= 11 is 6.21. The third-order valence-corrected chi connectivity index (χ3v) is 3.26. The molecule has 0 amide bonds. The summed E-state index contributed by atoms with van der Waals surface area (Å²) in [4.78, 5) is 0. The largest absolute Gasteiger partial charge is 0.493 e. The summed E-state index contributed by atoms with van der Waals surface area (Å²) in [6.07, 6.45) is 2.63. The van der Waals surface area contributed by atoms with Gasteiger partial charge >= 0.3 is 0 Å². The highest BCUT2D eigenvalue weighted by Crippen LogP contribution is 2.38. The molecule has 1 aromatic rings. The van der Waals surface area contributed by atoms with Gasteiger partial charge in [0, 0.05) is 0 Å². The highest BCUT2D eigenvalue weighted by molar-refractivity contribution is 6.32. The highest BCUT2D eigenvalue weighted by atomic mass is 35.5. The predicted octanol–water partition coefficient (Wildman–Crippen LogP) is 3.06. The first-order chi connectivity index (χ1) is 8.60. The van der Waals surface area contributed by atoms with Crippen molar-refractivity contribution in [3.63, 3.8) is 0 Å². The zero-order chi connectivity index (χ0) is 13.1. The van der Waals surface area contributed by atoms with E-state index in [0.29, 0.717) is 35.5 Å². The summed E-state index contributed by atoms with van der Waals surface area (Å²) in [5.41, 5.74) is 0.950. The fourth-order valence-electron chi connectivity index (χ4n) is 1.86. The van der Waals surface area contributed by atoms with Crippen LogP contribution < -0.4 is 9.47 Å². The Balaban J connectivity index is 2.16. The third-order valence-electron chi connectivity index (χ3n) is 2.98. The van der Waals surface area contributed by atoms with Crippen molar-refractivity contribution in [1.82, 2.24) is 0 Å². The second-order valence-corrected chi connectivity index (χ2v) is 5.32. The molecule has 1 aliphatic carbocycles. The molecule has 1 N–H and O–H groups in total. The van der Waals surface area contributed by atoms with Crippen LogP contribution in [0.2, 0.25) is 5.02 Å². The monoisotopic (exact) mass is 270 g/mol. The van der Waals surface area contributed by atoms with Gasteiger partial charge in [-0.2, -0.15) is 0 Å². The van der Waals surface area contributed by atoms with Crippen LogP contribution in [0.25, 0.3) is 0 Å². The van der Waals surface area contributed by atoms with Crippen molar-refractivity contribution in [1.29, 1.82) is 0 Å². The Bertz CT molecular complexity index is 414. The van der Waals surface area contributed by atoms with Crippen LogP contribution in [0.15, 0.2) is 12.1 Å². The molecule has 1 unspecified atom stereocenters. The van der Waals surface area contributed by atoms with E-state index < -0.39 is 6.10 Å². The molecule has 1 aliphatic rings. The molecule has 0 saturated heterocycles. The van der Waals surface area contributed by atoms with E-state index in [-0.39, 0.29) is 0 Å². The van der Waals surface area contributed by atoms with E-state index in [9.17, 15) is 5.11 Å². The lowest BCUT2D eigenvalue weighted by atomic mass is 10.1. The molecule has 1 fully saturated rings. The van der Waals surface area contributed by atoms with Crippen LogP contribution in [0, 0.1) is 5.92 Å². The van der Waals surface area contributed by atoms with Crippen LogP contribution in [0.5, 0.6) is 11.5 Å². The zero-order valence-corrected chi connectivity index (χ0v) is 11.5. The molecule has 1 saturated carbocycles. The number of halogens is 1. The minimum atomic E-state index is -0.399. The van der Waals surface area contributed by atoms with Crippen molar-refractivity contribution < 1.29 is 14.6 Å². The Labute approximate surface area is 113 Å². The minimum absolute atomic E-state index is 0.399. The molecule has 18 heavy (non-hydrogen) atoms. The Morgan fingerprint density at radius 3 is 2.72 bits per heavy atom. The first-order valence-corrected chi connectivity index (χ1v) is 6.65. The normalized spacial score (nSPS) is 16.4. The molecule has 1 aromatic carbocycles. The maximum Gasteiger partial charge on any atom is 0.179 e. The van der Waals surface area contributed by atoms with Crippen LogP contribution in [-0.2, 0) is 6.42 Å². The summed E-state index contributed by atoms with van der Waals surface area (Å²) in [5.74, 6) is 1.92. The van der Waals surface area contributed by atoms with E-state index in [1.807, 2.05) is 12.1 Å². The van der Waals surface area contributed by atoms with Crippen molar-refractivity contribution in [3.8, 4) is 11.5 Å². The molecule has 0 spiro atoms. The van der Waals surface area contributed by atoms with E-state index in [2.05, 4.69) is 0 Å². The number of methoxy groups -OCH3 is 1. The standard InChI is InChI=1S/C14H19ClO3/c1-9(16)5-11-6-12(15)14(13(7-11)17-2)18-8-10-3-4-10/h6-7,9-10,16H,3-5,8H2,1-2H3. The maximum absolute atomic E-state index is 9.40. The lowest BCUT2D eigenvalue weighted by Gasteiger charge is -2.14. The smallest absolute Gasteiger partial charge is 0.179 e. The van der Waals surface area contributed by atoms with E-state index >= 15 is 0 Å². The summed E-state index contributed by atoms with van der Waals surface area (Å²) in [7, 11) is 1.60. The van der Waals surface area contributed by atoms with Gasteiger partial charge in [0.2, 0.25) is 0 Å². The molecule has 1 atom stereocenters. The molecule has 0 radical (unpaired) electrons. The van der Waals surface area contributed by atoms with Crippen molar-refractivity contribution in [3.05, 3.63) is 22.7 Å². The number of benzene rings is 1. The average Bonchev–Trinajstić information content (AvgIpc) is 3.10. The fraction of sp³-hybridized carbons (Fsp3) is 0.571. The molecule has 0 aromatic heterocycles. The average molecular weight is 271 g/mol. The van der Waals surface area contributed by atoms with Gasteiger partial charge in [0.25, 0.3) is 0 Å². The van der Waals surface area contributed by atoms with Crippen molar-refractivity contribution in [2.24, 2.45) is 5.92 Å². The second kappa shape index (κ2) is 5.81. The van der Waals surface area contributed by atoms with Gasteiger partial charge in [-0.25, -0.2) is 0 Å². The van der Waals surface area contributed by atoms with Gasteiger partial charge < -0.3 is 14.6 Å². The van der Waals surface area contributed by atoms with Crippen LogP contribution in [0.4, 0.5) is 0 Å². The predicted molar refractivity (Wildman–Crippen MR) is 71.6 cm³/mol. The lowest BCUT2D eigenvalue weighted by Crippen LogP contribution is -2.06. The van der Waals surface area contributed by atoms with Crippen molar-refractivity contribution in [2.45, 2.75) is 32.3 Å². The van der Waals surface area contributed by atoms with Gasteiger partial charge in [0.1, 0.15) is 0 Å². The Morgan fingerprint density at radius 1 is 1.44 bits per heavy atom. The molecule has 4 heteroatoms. The van der Waals surface area contributed by atoms with E-state index in [0.717, 1.165) is 5.56 Å². The van der Waals surface area contributed by atoms with E-state index in [1.54, 1.807) is 14.0 Å². The third kappa shape index (κ3) is 3.53. The van der Waals surface area contributed by atoms with Crippen LogP contribution in [-0.4, -0.2) is 24.9 Å². The molecule has 2 rings (SSSR count). The van der Waals surface area contributed by atoms with E-state index in [4.69, 9.17) is 21.1 Å². The number of aliphatic hydroxyl groups excluding tert-OH is 1. The van der Waals surface area contributed by atoms with Crippen molar-refractivity contribution in [2.75, 3.05) is 13.7 Å². The minimum Gasteiger partial charge on any atom is -0.493 e. The van der Waals surface area contributed by atoms with Crippen LogP contribution in [0.1, 0.15) is 25.3 Å². The van der Waals surface area contributed by atoms with Gasteiger partial charge in [0.05, 0.1) is 24.8 Å². The van der Waals surface area contributed by atoms with Crippen molar-refractivity contribution >= 4 is 11.6 Å². The maximum atomic E-state index is 9.40. The Kier molecular flexibility index (Phi) is 4.36. The fourth-order valence-corrected chi connectivity index (χ4v) is 2.15. The van der Waals surface area contributed by atoms with Gasteiger partial charge in [-0.05, 0) is 49.8 Å². The van der Waals surface area contributed by atoms with E-state index in [1.165, 1.54) is 12.8 Å². The highest BCUT2D eigenvalue weighted by Gasteiger charge is 2.23. The summed E-state index contributed by atoms with van der Waals surface area (Å²) in [6.45, 7) is 2.45. The molecule has 0 bridgehead atoms. The summed E-state index contributed by atoms with van der Waals surface area (Å²) < 4.78 is 11.0. The number of rotatable bonds is 6. The van der Waals surface area contributed by atoms with Gasteiger partial charge in [-0.3, -0.25) is 0 Å². The number of hydrogen-bond acceptors (Lipinski definition) is 3. The Hall–Kier alpha value is -0.930. The first kappa shape index (κ1) is 13.5. The quantitative estimate of drug-likeness (QED) is 0.863. The SMILES string of the molecule is COc1cc(CC(C)O)cc(Cl)c1OCC1CC1. The number of ether oxygens (including phenoxy) is 2. The summed E-state index contributed by atoms with van der Waals surface area (Å²) in [5, 5.41) is 9.95. The molecular formula is C14H19ClO3. The molecule has 0 heterocycles.